The summed E-state index contributed by atoms with van der Waals surface area (Å²) in [5, 5.41) is 2.44. The van der Waals surface area contributed by atoms with Gasteiger partial charge in [0.25, 0.3) is 16.0 Å². The zero-order chi connectivity index (χ0) is 26.8. The monoisotopic (exact) mass is 543 g/mol. The number of ketones is 1. The Morgan fingerprint density at radius 2 is 1.83 bits per heavy atom. The summed E-state index contributed by atoms with van der Waals surface area (Å²) < 4.78 is 60.3. The summed E-state index contributed by atoms with van der Waals surface area (Å²) >= 11 is 5.80. The number of ether oxygens (including phenoxy) is 3. The van der Waals surface area contributed by atoms with Crippen molar-refractivity contribution in [3.05, 3.63) is 63.9 Å². The van der Waals surface area contributed by atoms with Gasteiger partial charge < -0.3 is 19.5 Å². The molecule has 0 saturated heterocycles. The lowest BCUT2D eigenvalue weighted by Crippen LogP contribution is -2.55. The van der Waals surface area contributed by atoms with Crippen LogP contribution in [0.1, 0.15) is 53.1 Å². The van der Waals surface area contributed by atoms with Crippen LogP contribution >= 0.6 is 11.6 Å². The Balaban J connectivity index is 1.97. The minimum Gasteiger partial charge on any atom is -0.484 e. The molecule has 2 N–H and O–H groups in total. The number of carbonyl (C=O) groups excluding carboxylic acids is 3. The van der Waals surface area contributed by atoms with Gasteiger partial charge in [-0.05, 0) is 57.2 Å². The molecule has 36 heavy (non-hydrogen) atoms. The number of halogens is 2. The van der Waals surface area contributed by atoms with Gasteiger partial charge in [-0.1, -0.05) is 11.6 Å². The van der Waals surface area contributed by atoms with E-state index >= 15 is 0 Å². The molecule has 2 aromatic carbocycles. The van der Waals surface area contributed by atoms with Crippen LogP contribution in [-0.4, -0.2) is 54.9 Å². The molecule has 1 amide bonds. The maximum absolute atomic E-state index is 13.6. The highest BCUT2D eigenvalue weighted by molar-refractivity contribution is 7.85. The number of Topliss-reactive ketones (excluding diaryl/α,β-unsaturated/α-hetero) is 1. The lowest BCUT2D eigenvalue weighted by Gasteiger charge is -2.43. The van der Waals surface area contributed by atoms with Crippen LogP contribution in [-0.2, 0) is 19.6 Å². The summed E-state index contributed by atoms with van der Waals surface area (Å²) in [6, 6.07) is 6.86. The fourth-order valence-electron chi connectivity index (χ4n) is 3.60. The summed E-state index contributed by atoms with van der Waals surface area (Å²) in [6.07, 6.45) is -2.51. The fraction of sp³-hybridized carbons (Fsp3) is 0.348. The predicted molar refractivity (Wildman–Crippen MR) is 125 cm³/mol. The highest BCUT2D eigenvalue weighted by Crippen LogP contribution is 2.42. The van der Waals surface area contributed by atoms with E-state index in [4.69, 9.17) is 30.4 Å². The van der Waals surface area contributed by atoms with Crippen molar-refractivity contribution < 1.29 is 46.0 Å². The van der Waals surface area contributed by atoms with Gasteiger partial charge in [0.1, 0.15) is 29.5 Å². The topological polar surface area (TPSA) is 145 Å². The van der Waals surface area contributed by atoms with Gasteiger partial charge in [0.05, 0.1) is 11.1 Å². The van der Waals surface area contributed by atoms with Crippen LogP contribution in [0, 0.1) is 5.82 Å². The number of nitrogens with one attached hydrogen (secondary N) is 1. The maximum Gasteiger partial charge on any atom is 0.508 e. The van der Waals surface area contributed by atoms with Gasteiger partial charge in [-0.3, -0.25) is 14.1 Å². The fourth-order valence-corrected chi connectivity index (χ4v) is 4.08. The summed E-state index contributed by atoms with van der Waals surface area (Å²) in [7, 11) is -4.38. The first-order valence-electron chi connectivity index (χ1n) is 10.6. The van der Waals surface area contributed by atoms with Gasteiger partial charge in [0, 0.05) is 16.7 Å². The zero-order valence-electron chi connectivity index (χ0n) is 19.4. The van der Waals surface area contributed by atoms with Gasteiger partial charge in [0.15, 0.2) is 11.9 Å². The first-order valence-corrected chi connectivity index (χ1v) is 12.5. The first kappa shape index (κ1) is 27.4. The molecule has 1 heterocycles. The van der Waals surface area contributed by atoms with Crippen LogP contribution in [0.15, 0.2) is 36.4 Å². The smallest absolute Gasteiger partial charge is 0.484 e. The first-order chi connectivity index (χ1) is 16.7. The molecular formula is C23H23ClFNO9S. The van der Waals surface area contributed by atoms with Crippen molar-refractivity contribution in [1.29, 1.82) is 0 Å². The Morgan fingerprint density at radius 3 is 2.44 bits per heavy atom. The third-order valence-electron chi connectivity index (χ3n) is 5.37. The molecular weight excluding hydrogens is 521 g/mol. The summed E-state index contributed by atoms with van der Waals surface area (Å²) in [6.45, 7) is 3.84. The van der Waals surface area contributed by atoms with Crippen molar-refractivity contribution in [2.45, 2.75) is 38.5 Å². The molecule has 1 aliphatic rings. The van der Waals surface area contributed by atoms with Crippen molar-refractivity contribution in [1.82, 2.24) is 5.32 Å². The third kappa shape index (κ3) is 6.50. The van der Waals surface area contributed by atoms with Crippen LogP contribution in [0.3, 0.4) is 0 Å². The van der Waals surface area contributed by atoms with Crippen LogP contribution in [0.4, 0.5) is 9.18 Å². The standard InChI is InChI=1S/C23H23ClFNO9S/c1-12(27)13-5-7-18-15(10-13)19(26-21(28)14-4-6-17(25)16(24)11-14)20(23(2,3)35-18)34-22(29)33-8-9-36(30,31)32/h4-7,10-11,19-20H,8-9H2,1-3H3,(H,26,28)(H,30,31,32)/t19-,20+/m1/s1. The SMILES string of the molecule is CC(=O)c1ccc2c(c1)[C@@H](NC(=O)c1ccc(F)c(Cl)c1)[C@H](OC(=O)OCCS(=O)(=O)O)C(C)(C)O2. The largest absolute Gasteiger partial charge is 0.508 e. The molecule has 2 aromatic rings. The Labute approximate surface area is 211 Å². The van der Waals surface area contributed by atoms with Crippen LogP contribution in [0.5, 0.6) is 5.75 Å². The van der Waals surface area contributed by atoms with Gasteiger partial charge in [-0.2, -0.15) is 8.42 Å². The minimum atomic E-state index is -4.38. The van der Waals surface area contributed by atoms with Gasteiger partial charge >= 0.3 is 6.16 Å². The van der Waals surface area contributed by atoms with Crippen molar-refractivity contribution in [3.8, 4) is 5.75 Å². The number of hydrogen-bond donors (Lipinski definition) is 2. The van der Waals surface area contributed by atoms with Crippen LogP contribution in [0.25, 0.3) is 0 Å². The second kappa shape index (κ2) is 10.4. The van der Waals surface area contributed by atoms with E-state index in [-0.39, 0.29) is 16.4 Å². The Morgan fingerprint density at radius 1 is 1.17 bits per heavy atom. The number of fused-ring (bicyclic) bond motifs is 1. The molecule has 0 radical (unpaired) electrons. The molecule has 0 aromatic heterocycles. The van der Waals surface area contributed by atoms with Gasteiger partial charge in [-0.15, -0.1) is 0 Å². The molecule has 0 spiro atoms. The van der Waals surface area contributed by atoms with E-state index in [2.05, 4.69) is 5.32 Å². The van der Waals surface area contributed by atoms with E-state index in [9.17, 15) is 27.2 Å². The molecule has 13 heteroatoms. The van der Waals surface area contributed by atoms with Crippen molar-refractivity contribution in [2.75, 3.05) is 12.4 Å². The molecule has 0 fully saturated rings. The molecule has 10 nitrogen and oxygen atoms in total. The number of benzene rings is 2. The predicted octanol–water partition coefficient (Wildman–Crippen LogP) is 3.73. The zero-order valence-corrected chi connectivity index (χ0v) is 21.0. The summed E-state index contributed by atoms with van der Waals surface area (Å²) in [5.74, 6) is -2.20. The molecule has 0 unspecified atom stereocenters. The summed E-state index contributed by atoms with van der Waals surface area (Å²) in [5.41, 5.74) is -0.607. The number of carbonyl (C=O) groups is 3. The lowest BCUT2D eigenvalue weighted by atomic mass is 9.85. The van der Waals surface area contributed by atoms with Crippen molar-refractivity contribution in [3.63, 3.8) is 0 Å². The molecule has 0 aliphatic carbocycles. The van der Waals surface area contributed by atoms with Crippen LogP contribution in [0.2, 0.25) is 5.02 Å². The molecule has 0 saturated carbocycles. The molecule has 2 atom stereocenters. The number of rotatable bonds is 7. The van der Waals surface area contributed by atoms with E-state index in [1.54, 1.807) is 26.0 Å². The lowest BCUT2D eigenvalue weighted by molar-refractivity contribution is -0.0877. The quantitative estimate of drug-likeness (QED) is 0.303. The highest BCUT2D eigenvalue weighted by Gasteiger charge is 2.48. The maximum atomic E-state index is 13.6. The number of amides is 1. The molecule has 3 rings (SSSR count). The molecule has 1 aliphatic heterocycles. The second-order valence-electron chi connectivity index (χ2n) is 8.52. The van der Waals surface area contributed by atoms with Crippen molar-refractivity contribution in [2.24, 2.45) is 0 Å². The van der Waals surface area contributed by atoms with E-state index < -0.39 is 58.1 Å². The minimum absolute atomic E-state index is 0.0180. The van der Waals surface area contributed by atoms with E-state index in [0.717, 1.165) is 12.1 Å². The van der Waals surface area contributed by atoms with Crippen molar-refractivity contribution >= 4 is 39.6 Å². The second-order valence-corrected chi connectivity index (χ2v) is 10.5. The Bertz CT molecular complexity index is 1310. The highest BCUT2D eigenvalue weighted by atomic mass is 35.5. The third-order valence-corrected chi connectivity index (χ3v) is 6.34. The Hall–Kier alpha value is -3.22. The van der Waals surface area contributed by atoms with E-state index in [0.29, 0.717) is 16.9 Å². The average Bonchev–Trinajstić information content (AvgIpc) is 2.76. The molecule has 194 valence electrons. The van der Waals surface area contributed by atoms with Gasteiger partial charge in [0.2, 0.25) is 0 Å². The average molecular weight is 544 g/mol. The van der Waals surface area contributed by atoms with Crippen LogP contribution < -0.4 is 10.1 Å². The normalized spacial score (nSPS) is 18.4. The van der Waals surface area contributed by atoms with E-state index in [1.165, 1.54) is 19.1 Å². The number of hydrogen-bond acceptors (Lipinski definition) is 8. The Kier molecular flexibility index (Phi) is 7.91. The van der Waals surface area contributed by atoms with E-state index in [1.807, 2.05) is 0 Å². The van der Waals surface area contributed by atoms with Gasteiger partial charge in [-0.25, -0.2) is 9.18 Å². The summed E-state index contributed by atoms with van der Waals surface area (Å²) in [4.78, 5) is 37.4. The molecule has 0 bridgehead atoms.